The van der Waals surface area contributed by atoms with Gasteiger partial charge in [0.15, 0.2) is 11.6 Å². The summed E-state index contributed by atoms with van der Waals surface area (Å²) < 4.78 is 26.8. The standard InChI is InChI=1S/C19H20F2N2O2/c1-23-9-8-16(19(23)13-6-7-14(20)15(21)10-13)22-18(25)11-12-4-2-3-5-17(12)24/h2-7,10,16,19,24H,8-9,11H2,1H3,(H,22,25). The molecule has 1 saturated heterocycles. The molecule has 0 radical (unpaired) electrons. The Morgan fingerprint density at radius 3 is 2.72 bits per heavy atom. The summed E-state index contributed by atoms with van der Waals surface area (Å²) in [6.07, 6.45) is 0.782. The van der Waals surface area contributed by atoms with Crippen molar-refractivity contribution in [2.75, 3.05) is 13.6 Å². The molecule has 2 aromatic rings. The molecule has 0 aromatic heterocycles. The Bertz CT molecular complexity index is 782. The molecule has 1 aliphatic rings. The van der Waals surface area contributed by atoms with Crippen LogP contribution in [0, 0.1) is 11.6 Å². The van der Waals surface area contributed by atoms with Crippen LogP contribution in [0.25, 0.3) is 0 Å². The number of rotatable bonds is 4. The van der Waals surface area contributed by atoms with Crippen LogP contribution in [0.1, 0.15) is 23.6 Å². The summed E-state index contributed by atoms with van der Waals surface area (Å²) in [7, 11) is 1.89. The number of para-hydroxylation sites is 1. The van der Waals surface area contributed by atoms with Gasteiger partial charge in [-0.15, -0.1) is 0 Å². The Labute approximate surface area is 145 Å². The van der Waals surface area contributed by atoms with Crippen molar-refractivity contribution in [1.29, 1.82) is 0 Å². The van der Waals surface area contributed by atoms with Crippen LogP contribution in [0.2, 0.25) is 0 Å². The largest absolute Gasteiger partial charge is 0.508 e. The summed E-state index contributed by atoms with van der Waals surface area (Å²) in [5, 5.41) is 12.7. The van der Waals surface area contributed by atoms with Gasteiger partial charge in [-0.1, -0.05) is 24.3 Å². The molecule has 2 atom stereocenters. The Kier molecular flexibility index (Phi) is 4.99. The SMILES string of the molecule is CN1CCC(NC(=O)Cc2ccccc2O)C1c1ccc(F)c(F)c1. The van der Waals surface area contributed by atoms with E-state index in [0.717, 1.165) is 12.6 Å². The molecule has 0 saturated carbocycles. The number of hydrogen-bond donors (Lipinski definition) is 2. The number of benzene rings is 2. The van der Waals surface area contributed by atoms with Crippen LogP contribution in [0.15, 0.2) is 42.5 Å². The zero-order valence-corrected chi connectivity index (χ0v) is 13.9. The smallest absolute Gasteiger partial charge is 0.224 e. The van der Waals surface area contributed by atoms with Gasteiger partial charge in [-0.3, -0.25) is 9.69 Å². The molecule has 4 nitrogen and oxygen atoms in total. The highest BCUT2D eigenvalue weighted by atomic mass is 19.2. The summed E-state index contributed by atoms with van der Waals surface area (Å²) in [5.41, 5.74) is 1.18. The van der Waals surface area contributed by atoms with E-state index in [-0.39, 0.29) is 30.2 Å². The fraction of sp³-hybridized carbons (Fsp3) is 0.316. The molecule has 2 aromatic carbocycles. The molecule has 1 aliphatic heterocycles. The Hall–Kier alpha value is -2.47. The van der Waals surface area contributed by atoms with Crippen molar-refractivity contribution in [1.82, 2.24) is 10.2 Å². The summed E-state index contributed by atoms with van der Waals surface area (Å²) in [4.78, 5) is 14.4. The van der Waals surface area contributed by atoms with Crippen LogP contribution in [0.3, 0.4) is 0 Å². The van der Waals surface area contributed by atoms with Gasteiger partial charge in [-0.2, -0.15) is 0 Å². The Balaban J connectivity index is 1.73. The molecule has 1 amide bonds. The van der Waals surface area contributed by atoms with Gasteiger partial charge in [0.05, 0.1) is 12.5 Å². The highest BCUT2D eigenvalue weighted by molar-refractivity contribution is 5.79. The van der Waals surface area contributed by atoms with Crippen molar-refractivity contribution in [2.24, 2.45) is 0 Å². The monoisotopic (exact) mass is 346 g/mol. The lowest BCUT2D eigenvalue weighted by atomic mass is 9.99. The molecular weight excluding hydrogens is 326 g/mol. The number of likely N-dealkylation sites (tertiary alicyclic amines) is 1. The van der Waals surface area contributed by atoms with E-state index in [4.69, 9.17) is 0 Å². The lowest BCUT2D eigenvalue weighted by Crippen LogP contribution is -2.39. The van der Waals surface area contributed by atoms with Gasteiger partial charge in [0.25, 0.3) is 0 Å². The van der Waals surface area contributed by atoms with Gasteiger partial charge in [0.1, 0.15) is 5.75 Å². The first-order valence-corrected chi connectivity index (χ1v) is 8.17. The molecule has 132 valence electrons. The predicted molar refractivity (Wildman–Crippen MR) is 90.1 cm³/mol. The molecule has 3 rings (SSSR count). The molecule has 1 heterocycles. The third-order valence-corrected chi connectivity index (χ3v) is 4.62. The topological polar surface area (TPSA) is 52.6 Å². The number of halogens is 2. The second kappa shape index (κ2) is 7.19. The van der Waals surface area contributed by atoms with Crippen LogP contribution in [-0.4, -0.2) is 35.5 Å². The Morgan fingerprint density at radius 1 is 1.24 bits per heavy atom. The second-order valence-corrected chi connectivity index (χ2v) is 6.37. The minimum Gasteiger partial charge on any atom is -0.508 e. The molecule has 0 aliphatic carbocycles. The highest BCUT2D eigenvalue weighted by Gasteiger charge is 2.34. The average molecular weight is 346 g/mol. The van der Waals surface area contributed by atoms with E-state index in [1.807, 2.05) is 11.9 Å². The van der Waals surface area contributed by atoms with Gasteiger partial charge in [0.2, 0.25) is 5.91 Å². The lowest BCUT2D eigenvalue weighted by molar-refractivity contribution is -0.121. The van der Waals surface area contributed by atoms with Crippen molar-refractivity contribution in [3.05, 3.63) is 65.2 Å². The molecule has 25 heavy (non-hydrogen) atoms. The fourth-order valence-corrected chi connectivity index (χ4v) is 3.37. The lowest BCUT2D eigenvalue weighted by Gasteiger charge is -2.26. The first-order chi connectivity index (χ1) is 12.0. The van der Waals surface area contributed by atoms with Crippen molar-refractivity contribution in [3.8, 4) is 5.75 Å². The second-order valence-electron chi connectivity index (χ2n) is 6.37. The number of carbonyl (C=O) groups is 1. The number of aromatic hydroxyl groups is 1. The van der Waals surface area contributed by atoms with E-state index in [9.17, 15) is 18.7 Å². The molecular formula is C19H20F2N2O2. The highest BCUT2D eigenvalue weighted by Crippen LogP contribution is 2.32. The maximum Gasteiger partial charge on any atom is 0.224 e. The fourth-order valence-electron chi connectivity index (χ4n) is 3.37. The van der Waals surface area contributed by atoms with Gasteiger partial charge in [-0.05, 0) is 37.2 Å². The molecule has 6 heteroatoms. The van der Waals surface area contributed by atoms with Crippen molar-refractivity contribution in [2.45, 2.75) is 24.9 Å². The predicted octanol–water partition coefficient (Wildman–Crippen LogP) is 2.77. The number of likely N-dealkylation sites (N-methyl/N-ethyl adjacent to an activating group) is 1. The van der Waals surface area contributed by atoms with E-state index in [2.05, 4.69) is 5.32 Å². The molecule has 1 fully saturated rings. The summed E-state index contributed by atoms with van der Waals surface area (Å²) in [6, 6.07) is 10.1. The maximum atomic E-state index is 13.6. The number of nitrogens with one attached hydrogen (secondary N) is 1. The minimum absolute atomic E-state index is 0.0669. The van der Waals surface area contributed by atoms with Crippen molar-refractivity contribution >= 4 is 5.91 Å². The van der Waals surface area contributed by atoms with Crippen LogP contribution < -0.4 is 5.32 Å². The first kappa shape index (κ1) is 17.4. The van der Waals surface area contributed by atoms with E-state index < -0.39 is 11.6 Å². The number of phenolic OH excluding ortho intramolecular Hbond substituents is 1. The van der Waals surface area contributed by atoms with Crippen LogP contribution in [0.4, 0.5) is 8.78 Å². The first-order valence-electron chi connectivity index (χ1n) is 8.17. The number of carbonyl (C=O) groups excluding carboxylic acids is 1. The summed E-state index contributed by atoms with van der Waals surface area (Å²) in [6.45, 7) is 0.741. The number of phenols is 1. The minimum atomic E-state index is -0.892. The van der Waals surface area contributed by atoms with E-state index in [1.54, 1.807) is 24.3 Å². The van der Waals surface area contributed by atoms with Crippen molar-refractivity contribution < 1.29 is 18.7 Å². The summed E-state index contributed by atoms with van der Waals surface area (Å²) in [5.74, 6) is -1.91. The number of hydrogen-bond acceptors (Lipinski definition) is 3. The molecule has 0 spiro atoms. The maximum absolute atomic E-state index is 13.6. The van der Waals surface area contributed by atoms with Crippen LogP contribution >= 0.6 is 0 Å². The van der Waals surface area contributed by atoms with Crippen LogP contribution in [0.5, 0.6) is 5.75 Å². The zero-order valence-electron chi connectivity index (χ0n) is 13.9. The van der Waals surface area contributed by atoms with E-state index in [0.29, 0.717) is 17.5 Å². The molecule has 2 N–H and O–H groups in total. The van der Waals surface area contributed by atoms with Crippen molar-refractivity contribution in [3.63, 3.8) is 0 Å². The van der Waals surface area contributed by atoms with E-state index >= 15 is 0 Å². The number of nitrogens with zero attached hydrogens (tertiary/aromatic N) is 1. The third kappa shape index (κ3) is 3.79. The quantitative estimate of drug-likeness (QED) is 0.895. The number of amides is 1. The van der Waals surface area contributed by atoms with Gasteiger partial charge >= 0.3 is 0 Å². The van der Waals surface area contributed by atoms with Crippen LogP contribution in [-0.2, 0) is 11.2 Å². The zero-order chi connectivity index (χ0) is 18.0. The third-order valence-electron chi connectivity index (χ3n) is 4.62. The Morgan fingerprint density at radius 2 is 2.00 bits per heavy atom. The van der Waals surface area contributed by atoms with Gasteiger partial charge in [0, 0.05) is 18.2 Å². The molecule has 2 unspecified atom stereocenters. The van der Waals surface area contributed by atoms with E-state index in [1.165, 1.54) is 12.1 Å². The average Bonchev–Trinajstić information content (AvgIpc) is 2.93. The van der Waals surface area contributed by atoms with Gasteiger partial charge < -0.3 is 10.4 Å². The van der Waals surface area contributed by atoms with Gasteiger partial charge in [-0.25, -0.2) is 8.78 Å². The summed E-state index contributed by atoms with van der Waals surface area (Å²) >= 11 is 0. The molecule has 0 bridgehead atoms. The normalized spacial score (nSPS) is 20.6.